The Bertz CT molecular complexity index is 452. The van der Waals surface area contributed by atoms with Gasteiger partial charge < -0.3 is 4.74 Å². The Kier molecular flexibility index (Phi) is 2.14. The molecule has 1 saturated carbocycles. The van der Waals surface area contributed by atoms with E-state index in [9.17, 15) is 5.26 Å². The quantitative estimate of drug-likeness (QED) is 0.718. The normalized spacial score (nSPS) is 21.2. The Morgan fingerprint density at radius 1 is 1.25 bits per heavy atom. The third-order valence-electron chi connectivity index (χ3n) is 3.90. The van der Waals surface area contributed by atoms with Gasteiger partial charge in [-0.1, -0.05) is 31.0 Å². The highest BCUT2D eigenvalue weighted by Gasteiger charge is 2.39. The zero-order valence-electron chi connectivity index (χ0n) is 9.33. The SMILES string of the molecule is N#CC1(c2cccc3c2OCC3)CCCC1. The summed E-state index contributed by atoms with van der Waals surface area (Å²) in [6, 6.07) is 8.81. The molecule has 1 aliphatic carbocycles. The minimum absolute atomic E-state index is 0.268. The van der Waals surface area contributed by atoms with E-state index >= 15 is 0 Å². The molecule has 0 atom stereocenters. The number of nitrogens with zero attached hydrogens (tertiary/aromatic N) is 1. The number of ether oxygens (including phenoxy) is 1. The summed E-state index contributed by atoms with van der Waals surface area (Å²) in [7, 11) is 0. The van der Waals surface area contributed by atoms with E-state index in [0.717, 1.165) is 50.0 Å². The van der Waals surface area contributed by atoms with Gasteiger partial charge in [-0.25, -0.2) is 0 Å². The number of hydrogen-bond donors (Lipinski definition) is 0. The van der Waals surface area contributed by atoms with Gasteiger partial charge in [0.15, 0.2) is 0 Å². The molecule has 0 amide bonds. The van der Waals surface area contributed by atoms with Crippen LogP contribution >= 0.6 is 0 Å². The summed E-state index contributed by atoms with van der Waals surface area (Å²) < 4.78 is 5.72. The van der Waals surface area contributed by atoms with Crippen LogP contribution in [-0.2, 0) is 11.8 Å². The van der Waals surface area contributed by atoms with Crippen LogP contribution in [0.3, 0.4) is 0 Å². The molecular formula is C14H15NO. The lowest BCUT2D eigenvalue weighted by Gasteiger charge is -2.22. The van der Waals surface area contributed by atoms with Crippen LogP contribution in [0.4, 0.5) is 0 Å². The van der Waals surface area contributed by atoms with E-state index in [4.69, 9.17) is 4.74 Å². The molecule has 1 aliphatic heterocycles. The molecule has 1 aromatic carbocycles. The second kappa shape index (κ2) is 3.52. The summed E-state index contributed by atoms with van der Waals surface area (Å²) in [5.74, 6) is 1.01. The van der Waals surface area contributed by atoms with Gasteiger partial charge >= 0.3 is 0 Å². The van der Waals surface area contributed by atoms with E-state index in [1.54, 1.807) is 0 Å². The molecular weight excluding hydrogens is 198 g/mol. The van der Waals surface area contributed by atoms with Crippen LogP contribution < -0.4 is 4.74 Å². The molecule has 2 aliphatic rings. The zero-order chi connectivity index (χ0) is 11.0. The summed E-state index contributed by atoms with van der Waals surface area (Å²) >= 11 is 0. The fourth-order valence-electron chi connectivity index (χ4n) is 3.01. The second-order valence-corrected chi connectivity index (χ2v) is 4.79. The average Bonchev–Trinajstić information content (AvgIpc) is 2.98. The minimum Gasteiger partial charge on any atom is -0.493 e. The van der Waals surface area contributed by atoms with Crippen molar-refractivity contribution in [1.82, 2.24) is 0 Å². The molecule has 1 aromatic rings. The molecule has 2 heteroatoms. The molecule has 0 aromatic heterocycles. The van der Waals surface area contributed by atoms with Crippen LogP contribution in [0.1, 0.15) is 36.8 Å². The van der Waals surface area contributed by atoms with Crippen molar-refractivity contribution in [1.29, 1.82) is 5.26 Å². The van der Waals surface area contributed by atoms with Crippen LogP contribution in [0.2, 0.25) is 0 Å². The molecule has 0 radical (unpaired) electrons. The second-order valence-electron chi connectivity index (χ2n) is 4.79. The summed E-state index contributed by atoms with van der Waals surface area (Å²) in [4.78, 5) is 0. The minimum atomic E-state index is -0.268. The van der Waals surface area contributed by atoms with Crippen molar-refractivity contribution < 1.29 is 4.74 Å². The number of nitriles is 1. The number of rotatable bonds is 1. The zero-order valence-corrected chi connectivity index (χ0v) is 9.33. The highest BCUT2D eigenvalue weighted by molar-refractivity contribution is 5.50. The van der Waals surface area contributed by atoms with Gasteiger partial charge in [0.2, 0.25) is 0 Å². The van der Waals surface area contributed by atoms with E-state index in [-0.39, 0.29) is 5.41 Å². The predicted octanol–water partition coefficient (Wildman–Crippen LogP) is 2.96. The Hall–Kier alpha value is -1.49. The van der Waals surface area contributed by atoms with Crippen molar-refractivity contribution >= 4 is 0 Å². The monoisotopic (exact) mass is 213 g/mol. The Morgan fingerprint density at radius 2 is 2.06 bits per heavy atom. The molecule has 0 spiro atoms. The topological polar surface area (TPSA) is 33.0 Å². The van der Waals surface area contributed by atoms with Gasteiger partial charge in [-0.3, -0.25) is 0 Å². The molecule has 1 fully saturated rings. The lowest BCUT2D eigenvalue weighted by atomic mass is 9.79. The molecule has 0 saturated heterocycles. The summed E-state index contributed by atoms with van der Waals surface area (Å²) in [6.45, 7) is 0.772. The number of fused-ring (bicyclic) bond motifs is 1. The van der Waals surface area contributed by atoms with Crippen molar-refractivity contribution in [3.05, 3.63) is 29.3 Å². The molecule has 3 rings (SSSR count). The van der Waals surface area contributed by atoms with E-state index in [1.165, 1.54) is 5.56 Å². The Morgan fingerprint density at radius 3 is 2.81 bits per heavy atom. The van der Waals surface area contributed by atoms with E-state index in [2.05, 4.69) is 24.3 Å². The maximum Gasteiger partial charge on any atom is 0.127 e. The first kappa shape index (κ1) is 9.72. The van der Waals surface area contributed by atoms with Crippen LogP contribution in [0.25, 0.3) is 0 Å². The van der Waals surface area contributed by atoms with Gasteiger partial charge in [0.1, 0.15) is 5.75 Å². The highest BCUT2D eigenvalue weighted by Crippen LogP contribution is 2.46. The largest absolute Gasteiger partial charge is 0.493 e. The Labute approximate surface area is 95.8 Å². The lowest BCUT2D eigenvalue weighted by Crippen LogP contribution is -2.20. The first-order valence-electron chi connectivity index (χ1n) is 6.02. The van der Waals surface area contributed by atoms with Gasteiger partial charge in [-0.2, -0.15) is 5.26 Å². The number of hydrogen-bond acceptors (Lipinski definition) is 2. The fraction of sp³-hybridized carbons (Fsp3) is 0.500. The highest BCUT2D eigenvalue weighted by atomic mass is 16.5. The standard InChI is InChI=1S/C14H15NO/c15-10-14(7-1-2-8-14)12-5-3-4-11-6-9-16-13(11)12/h3-5H,1-2,6-9H2. The molecule has 0 N–H and O–H groups in total. The van der Waals surface area contributed by atoms with Gasteiger partial charge in [0.05, 0.1) is 18.1 Å². The van der Waals surface area contributed by atoms with Crippen LogP contribution in [0.5, 0.6) is 5.75 Å². The molecule has 0 unspecified atom stereocenters. The van der Waals surface area contributed by atoms with Crippen LogP contribution in [-0.4, -0.2) is 6.61 Å². The van der Waals surface area contributed by atoms with Gasteiger partial charge in [-0.05, 0) is 18.4 Å². The van der Waals surface area contributed by atoms with Crippen molar-refractivity contribution in [3.63, 3.8) is 0 Å². The lowest BCUT2D eigenvalue weighted by molar-refractivity contribution is 0.347. The van der Waals surface area contributed by atoms with E-state index < -0.39 is 0 Å². The van der Waals surface area contributed by atoms with Crippen LogP contribution in [0, 0.1) is 11.3 Å². The van der Waals surface area contributed by atoms with Crippen molar-refractivity contribution in [3.8, 4) is 11.8 Å². The fourth-order valence-corrected chi connectivity index (χ4v) is 3.01. The predicted molar refractivity (Wildman–Crippen MR) is 61.4 cm³/mol. The van der Waals surface area contributed by atoms with E-state index in [1.807, 2.05) is 0 Å². The van der Waals surface area contributed by atoms with Crippen molar-refractivity contribution in [2.45, 2.75) is 37.5 Å². The first-order chi connectivity index (χ1) is 7.86. The molecule has 0 bridgehead atoms. The van der Waals surface area contributed by atoms with E-state index in [0.29, 0.717) is 0 Å². The van der Waals surface area contributed by atoms with Gasteiger partial charge in [0, 0.05) is 12.0 Å². The van der Waals surface area contributed by atoms with Crippen molar-refractivity contribution in [2.24, 2.45) is 0 Å². The average molecular weight is 213 g/mol. The molecule has 82 valence electrons. The molecule has 16 heavy (non-hydrogen) atoms. The number of benzene rings is 1. The number of para-hydroxylation sites is 1. The van der Waals surface area contributed by atoms with Crippen LogP contribution in [0.15, 0.2) is 18.2 Å². The summed E-state index contributed by atoms with van der Waals surface area (Å²) in [5.41, 5.74) is 2.15. The van der Waals surface area contributed by atoms with Gasteiger partial charge in [-0.15, -0.1) is 0 Å². The van der Waals surface area contributed by atoms with Gasteiger partial charge in [0.25, 0.3) is 0 Å². The Balaban J connectivity index is 2.13. The molecule has 1 heterocycles. The maximum absolute atomic E-state index is 9.50. The third-order valence-corrected chi connectivity index (χ3v) is 3.90. The molecule has 2 nitrogen and oxygen atoms in total. The maximum atomic E-state index is 9.50. The first-order valence-corrected chi connectivity index (χ1v) is 6.02. The smallest absolute Gasteiger partial charge is 0.127 e. The van der Waals surface area contributed by atoms with Crippen molar-refractivity contribution in [2.75, 3.05) is 6.61 Å². The third kappa shape index (κ3) is 1.24. The summed E-state index contributed by atoms with van der Waals surface area (Å²) in [5, 5.41) is 9.50. The summed E-state index contributed by atoms with van der Waals surface area (Å²) in [6.07, 6.45) is 5.30.